The van der Waals surface area contributed by atoms with Gasteiger partial charge < -0.3 is 19.1 Å². The highest BCUT2D eigenvalue weighted by atomic mass is 35.5. The van der Waals surface area contributed by atoms with Crippen LogP contribution >= 0.6 is 11.6 Å². The lowest BCUT2D eigenvalue weighted by molar-refractivity contribution is -0.139. The van der Waals surface area contributed by atoms with E-state index in [0.29, 0.717) is 28.0 Å². The van der Waals surface area contributed by atoms with E-state index < -0.39 is 11.9 Å². The molecule has 27 heavy (non-hydrogen) atoms. The number of benzene rings is 2. The van der Waals surface area contributed by atoms with Crippen LogP contribution in [-0.4, -0.2) is 32.6 Å². The zero-order chi connectivity index (χ0) is 19.6. The number of aryl methyl sites for hydroxylation is 1. The first-order valence-electron chi connectivity index (χ1n) is 8.43. The number of ether oxygens (including phenoxy) is 3. The minimum Gasteiger partial charge on any atom is -0.495 e. The lowest BCUT2D eigenvalue weighted by Gasteiger charge is -2.20. The average molecular weight is 390 g/mol. The molecule has 0 bridgehead atoms. The smallest absolute Gasteiger partial charge is 0.316 e. The molecular weight excluding hydrogens is 370 g/mol. The zero-order valence-corrected chi connectivity index (χ0v) is 16.1. The van der Waals surface area contributed by atoms with Crippen LogP contribution in [0.5, 0.6) is 17.2 Å². The molecule has 2 aromatic rings. The fraction of sp³-hybridized carbons (Fsp3) is 0.300. The molecule has 1 heterocycles. The van der Waals surface area contributed by atoms with Gasteiger partial charge in [0.25, 0.3) is 0 Å². The fourth-order valence-electron chi connectivity index (χ4n) is 3.03. The van der Waals surface area contributed by atoms with Gasteiger partial charge in [-0.05, 0) is 30.7 Å². The Balaban J connectivity index is 1.79. The highest BCUT2D eigenvalue weighted by Crippen LogP contribution is 2.40. The van der Waals surface area contributed by atoms with Gasteiger partial charge in [-0.3, -0.25) is 9.59 Å². The van der Waals surface area contributed by atoms with E-state index in [4.69, 9.17) is 25.8 Å². The molecule has 6 nitrogen and oxygen atoms in total. The Bertz CT molecular complexity index is 883. The molecule has 0 radical (unpaired) electrons. The summed E-state index contributed by atoms with van der Waals surface area (Å²) in [5.41, 5.74) is 1.49. The Labute approximate surface area is 162 Å². The zero-order valence-electron chi connectivity index (χ0n) is 15.3. The molecule has 7 heteroatoms. The van der Waals surface area contributed by atoms with E-state index in [-0.39, 0.29) is 18.9 Å². The molecule has 0 N–H and O–H groups in total. The molecule has 1 fully saturated rings. The summed E-state index contributed by atoms with van der Waals surface area (Å²) in [6, 6.07) is 10.4. The normalized spacial score (nSPS) is 16.4. The molecule has 0 spiro atoms. The number of hydrogen-bond acceptors (Lipinski definition) is 5. The standard InChI is InChI=1S/C20H20ClNO5/c1-12-5-4-6-14(7-12)27-20(24)13-8-19(23)22(11-13)16-9-15(21)17(25-2)10-18(16)26-3/h4-7,9-10,13H,8,11H2,1-3H3. The molecule has 1 unspecified atom stereocenters. The third-order valence-electron chi connectivity index (χ3n) is 4.41. The van der Waals surface area contributed by atoms with Gasteiger partial charge in [0.05, 0.1) is 30.8 Å². The third kappa shape index (κ3) is 4.01. The summed E-state index contributed by atoms with van der Waals surface area (Å²) in [5.74, 6) is 0.159. The van der Waals surface area contributed by atoms with Gasteiger partial charge in [0.15, 0.2) is 0 Å². The number of amides is 1. The van der Waals surface area contributed by atoms with Crippen molar-refractivity contribution in [3.8, 4) is 17.2 Å². The molecule has 1 saturated heterocycles. The monoisotopic (exact) mass is 389 g/mol. The number of methoxy groups -OCH3 is 2. The molecule has 1 amide bonds. The van der Waals surface area contributed by atoms with Crippen LogP contribution in [0.2, 0.25) is 5.02 Å². The highest BCUT2D eigenvalue weighted by Gasteiger charge is 2.38. The summed E-state index contributed by atoms with van der Waals surface area (Å²) >= 11 is 6.20. The first-order valence-corrected chi connectivity index (χ1v) is 8.81. The van der Waals surface area contributed by atoms with E-state index in [1.807, 2.05) is 19.1 Å². The summed E-state index contributed by atoms with van der Waals surface area (Å²) in [6.07, 6.45) is 0.0669. The number of carbonyl (C=O) groups is 2. The van der Waals surface area contributed by atoms with Crippen molar-refractivity contribution in [1.29, 1.82) is 0 Å². The summed E-state index contributed by atoms with van der Waals surface area (Å²) in [7, 11) is 2.99. The van der Waals surface area contributed by atoms with Crippen LogP contribution in [0, 0.1) is 12.8 Å². The van der Waals surface area contributed by atoms with Crippen molar-refractivity contribution in [2.45, 2.75) is 13.3 Å². The van der Waals surface area contributed by atoms with Gasteiger partial charge in [0.1, 0.15) is 17.2 Å². The van der Waals surface area contributed by atoms with Crippen molar-refractivity contribution >= 4 is 29.2 Å². The molecule has 0 aromatic heterocycles. The summed E-state index contributed by atoms with van der Waals surface area (Å²) in [6.45, 7) is 2.11. The lowest BCUT2D eigenvalue weighted by Crippen LogP contribution is -2.27. The Morgan fingerprint density at radius 1 is 1.15 bits per heavy atom. The van der Waals surface area contributed by atoms with Crippen LogP contribution < -0.4 is 19.1 Å². The highest BCUT2D eigenvalue weighted by molar-refractivity contribution is 6.32. The molecule has 142 valence electrons. The number of anilines is 1. The van der Waals surface area contributed by atoms with Crippen molar-refractivity contribution in [3.05, 3.63) is 47.0 Å². The molecule has 1 aliphatic rings. The minimum atomic E-state index is -0.566. The van der Waals surface area contributed by atoms with Gasteiger partial charge in [0.2, 0.25) is 5.91 Å². The number of nitrogens with zero attached hydrogens (tertiary/aromatic N) is 1. The van der Waals surface area contributed by atoms with E-state index in [9.17, 15) is 9.59 Å². The molecule has 0 saturated carbocycles. The van der Waals surface area contributed by atoms with Crippen LogP contribution in [0.3, 0.4) is 0 Å². The van der Waals surface area contributed by atoms with Gasteiger partial charge in [-0.15, -0.1) is 0 Å². The van der Waals surface area contributed by atoms with Gasteiger partial charge in [-0.2, -0.15) is 0 Å². The maximum Gasteiger partial charge on any atom is 0.316 e. The predicted octanol–water partition coefficient (Wildman–Crippen LogP) is 3.62. The Hall–Kier alpha value is -2.73. The largest absolute Gasteiger partial charge is 0.495 e. The van der Waals surface area contributed by atoms with Crippen molar-refractivity contribution in [1.82, 2.24) is 0 Å². The van der Waals surface area contributed by atoms with Crippen LogP contribution in [0.4, 0.5) is 5.69 Å². The van der Waals surface area contributed by atoms with Crippen molar-refractivity contribution in [3.63, 3.8) is 0 Å². The van der Waals surface area contributed by atoms with E-state index >= 15 is 0 Å². The molecular formula is C20H20ClNO5. The summed E-state index contributed by atoms with van der Waals surface area (Å²) in [5, 5.41) is 0.354. The lowest BCUT2D eigenvalue weighted by atomic mass is 10.1. The molecule has 3 rings (SSSR count). The maximum atomic E-state index is 12.5. The van der Waals surface area contributed by atoms with Crippen molar-refractivity contribution in [2.24, 2.45) is 5.92 Å². The predicted molar refractivity (Wildman–Crippen MR) is 102 cm³/mol. The molecule has 1 aliphatic heterocycles. The number of esters is 1. The van der Waals surface area contributed by atoms with E-state index in [0.717, 1.165) is 5.56 Å². The molecule has 1 atom stereocenters. The van der Waals surface area contributed by atoms with Crippen molar-refractivity contribution < 1.29 is 23.8 Å². The van der Waals surface area contributed by atoms with Gasteiger partial charge >= 0.3 is 5.97 Å². The van der Waals surface area contributed by atoms with Crippen molar-refractivity contribution in [2.75, 3.05) is 25.7 Å². The Morgan fingerprint density at radius 3 is 2.56 bits per heavy atom. The van der Waals surface area contributed by atoms with Gasteiger partial charge in [0, 0.05) is 19.0 Å². The quantitative estimate of drug-likeness (QED) is 0.577. The second-order valence-electron chi connectivity index (χ2n) is 6.30. The first-order chi connectivity index (χ1) is 12.9. The molecule has 2 aromatic carbocycles. The maximum absolute atomic E-state index is 12.5. The van der Waals surface area contributed by atoms with Gasteiger partial charge in [-0.25, -0.2) is 0 Å². The Morgan fingerprint density at radius 2 is 1.89 bits per heavy atom. The van der Waals surface area contributed by atoms with Crippen LogP contribution in [0.15, 0.2) is 36.4 Å². The SMILES string of the molecule is COc1cc(OC)c(N2CC(C(=O)Oc3cccc(C)c3)CC2=O)cc1Cl. The first kappa shape index (κ1) is 19.0. The van der Waals surface area contributed by atoms with Crippen LogP contribution in [0.25, 0.3) is 0 Å². The summed E-state index contributed by atoms with van der Waals surface area (Å²) < 4.78 is 16.0. The number of rotatable bonds is 5. The van der Waals surface area contributed by atoms with Crippen LogP contribution in [0.1, 0.15) is 12.0 Å². The van der Waals surface area contributed by atoms with Gasteiger partial charge in [-0.1, -0.05) is 23.7 Å². The topological polar surface area (TPSA) is 65.1 Å². The fourth-order valence-corrected chi connectivity index (χ4v) is 3.27. The number of halogens is 1. The molecule has 0 aliphatic carbocycles. The Kier molecular flexibility index (Phi) is 5.56. The second-order valence-corrected chi connectivity index (χ2v) is 6.71. The minimum absolute atomic E-state index is 0.0669. The third-order valence-corrected chi connectivity index (χ3v) is 4.71. The number of hydrogen-bond donors (Lipinski definition) is 0. The van der Waals surface area contributed by atoms with Crippen LogP contribution in [-0.2, 0) is 9.59 Å². The average Bonchev–Trinajstić information content (AvgIpc) is 3.03. The van der Waals surface area contributed by atoms with E-state index in [1.54, 1.807) is 24.3 Å². The van der Waals surface area contributed by atoms with E-state index in [2.05, 4.69) is 0 Å². The number of carbonyl (C=O) groups excluding carboxylic acids is 2. The summed E-state index contributed by atoms with van der Waals surface area (Å²) in [4.78, 5) is 26.5. The van der Waals surface area contributed by atoms with E-state index in [1.165, 1.54) is 19.1 Å². The second kappa shape index (κ2) is 7.88.